The molecule has 0 bridgehead atoms. The first-order chi connectivity index (χ1) is 14.8. The lowest BCUT2D eigenvalue weighted by Gasteiger charge is -2.26. The fourth-order valence-corrected chi connectivity index (χ4v) is 3.87. The summed E-state index contributed by atoms with van der Waals surface area (Å²) in [5, 5.41) is 5.76. The summed E-state index contributed by atoms with van der Waals surface area (Å²) in [6.07, 6.45) is 0. The molecule has 8 heteroatoms. The molecule has 0 saturated heterocycles. The molecule has 3 rings (SSSR count). The number of amides is 2. The average Bonchev–Trinajstić information content (AvgIpc) is 2.75. The monoisotopic (exact) mass is 490 g/mol. The zero-order valence-corrected chi connectivity index (χ0v) is 19.4. The van der Waals surface area contributed by atoms with Gasteiger partial charge in [0.15, 0.2) is 18.1 Å². The molecule has 0 aromatic heterocycles. The lowest BCUT2D eigenvalue weighted by Crippen LogP contribution is -2.51. The molecule has 2 N–H and O–H groups in total. The molecule has 0 fully saturated rings. The number of nitrogens with one attached hydrogen (secondary N) is 2. The van der Waals surface area contributed by atoms with Crippen molar-refractivity contribution in [3.05, 3.63) is 52.5 Å². The van der Waals surface area contributed by atoms with E-state index >= 15 is 0 Å². The highest BCUT2D eigenvalue weighted by molar-refractivity contribution is 9.10. The number of fused-ring (bicyclic) bond motifs is 1. The third-order valence-electron chi connectivity index (χ3n) is 4.87. The van der Waals surface area contributed by atoms with E-state index in [2.05, 4.69) is 26.6 Å². The lowest BCUT2D eigenvalue weighted by atomic mass is 10.0. The Balaban J connectivity index is 1.61. The predicted octanol–water partition coefficient (Wildman–Crippen LogP) is 3.62. The van der Waals surface area contributed by atoms with E-state index in [1.807, 2.05) is 51.1 Å². The third-order valence-corrected chi connectivity index (χ3v) is 5.55. The third kappa shape index (κ3) is 6.13. The van der Waals surface area contributed by atoms with Gasteiger partial charge in [-0.15, -0.1) is 0 Å². The summed E-state index contributed by atoms with van der Waals surface area (Å²) in [6, 6.07) is 11.8. The number of rotatable bonds is 8. The van der Waals surface area contributed by atoms with E-state index in [1.165, 1.54) is 0 Å². The first kappa shape index (κ1) is 22.9. The molecule has 2 atom stereocenters. The minimum absolute atomic E-state index is 0.100. The first-order valence-corrected chi connectivity index (χ1v) is 11.0. The number of carbonyl (C=O) groups is 2. The predicted molar refractivity (Wildman–Crippen MR) is 120 cm³/mol. The van der Waals surface area contributed by atoms with E-state index in [-0.39, 0.29) is 30.4 Å². The number of halogens is 1. The second-order valence-corrected chi connectivity index (χ2v) is 8.49. The number of hydrogen-bond donors (Lipinski definition) is 2. The van der Waals surface area contributed by atoms with Gasteiger partial charge in [-0.1, -0.05) is 48.0 Å². The van der Waals surface area contributed by atoms with Crippen LogP contribution in [0.4, 0.5) is 0 Å². The molecular weight excluding hydrogens is 464 g/mol. The quantitative estimate of drug-likeness (QED) is 0.590. The Kier molecular flexibility index (Phi) is 7.79. The highest BCUT2D eigenvalue weighted by Gasteiger charge is 2.27. The second kappa shape index (κ2) is 10.5. The maximum absolute atomic E-state index is 12.9. The van der Waals surface area contributed by atoms with Gasteiger partial charge in [0.1, 0.15) is 25.0 Å². The number of hydrogen-bond acceptors (Lipinski definition) is 5. The minimum Gasteiger partial charge on any atom is -0.486 e. The SMILES string of the molecule is CC(NC(=O)C(NC(=O)COc1ccccc1)C(C)C)c1cc2c(cc1Br)OCCO2. The summed E-state index contributed by atoms with van der Waals surface area (Å²) < 4.78 is 17.5. The van der Waals surface area contributed by atoms with Crippen molar-refractivity contribution in [2.75, 3.05) is 19.8 Å². The molecule has 0 saturated carbocycles. The first-order valence-electron chi connectivity index (χ1n) is 10.2. The Morgan fingerprint density at radius 2 is 1.68 bits per heavy atom. The van der Waals surface area contributed by atoms with Gasteiger partial charge in [-0.2, -0.15) is 0 Å². The van der Waals surface area contributed by atoms with Crippen LogP contribution in [0.5, 0.6) is 17.2 Å². The maximum Gasteiger partial charge on any atom is 0.258 e. The van der Waals surface area contributed by atoms with Crippen LogP contribution in [-0.4, -0.2) is 37.7 Å². The van der Waals surface area contributed by atoms with Crippen LogP contribution in [0.3, 0.4) is 0 Å². The largest absolute Gasteiger partial charge is 0.486 e. The molecule has 166 valence electrons. The van der Waals surface area contributed by atoms with Gasteiger partial charge >= 0.3 is 0 Å². The molecule has 2 amide bonds. The number of ether oxygens (including phenoxy) is 3. The molecule has 2 aromatic carbocycles. The van der Waals surface area contributed by atoms with Crippen LogP contribution in [0, 0.1) is 5.92 Å². The summed E-state index contributed by atoms with van der Waals surface area (Å²) in [7, 11) is 0. The Hall–Kier alpha value is -2.74. The van der Waals surface area contributed by atoms with Gasteiger partial charge < -0.3 is 24.8 Å². The van der Waals surface area contributed by atoms with Gasteiger partial charge in [0.2, 0.25) is 5.91 Å². The van der Waals surface area contributed by atoms with Gasteiger partial charge in [-0.05, 0) is 42.7 Å². The Morgan fingerprint density at radius 3 is 2.32 bits per heavy atom. The van der Waals surface area contributed by atoms with Crippen LogP contribution in [0.2, 0.25) is 0 Å². The van der Waals surface area contributed by atoms with Crippen molar-refractivity contribution in [3.63, 3.8) is 0 Å². The van der Waals surface area contributed by atoms with Gasteiger partial charge in [-0.3, -0.25) is 9.59 Å². The zero-order valence-electron chi connectivity index (χ0n) is 17.8. The summed E-state index contributed by atoms with van der Waals surface area (Å²) in [5.41, 5.74) is 0.860. The van der Waals surface area contributed by atoms with E-state index in [9.17, 15) is 9.59 Å². The number of para-hydroxylation sites is 1. The molecule has 7 nitrogen and oxygen atoms in total. The van der Waals surface area contributed by atoms with E-state index in [4.69, 9.17) is 14.2 Å². The van der Waals surface area contributed by atoms with Crippen molar-refractivity contribution in [2.45, 2.75) is 32.9 Å². The van der Waals surface area contributed by atoms with Crippen molar-refractivity contribution >= 4 is 27.7 Å². The number of benzene rings is 2. The van der Waals surface area contributed by atoms with E-state index < -0.39 is 6.04 Å². The van der Waals surface area contributed by atoms with Crippen LogP contribution >= 0.6 is 15.9 Å². The fraction of sp³-hybridized carbons (Fsp3) is 0.391. The van der Waals surface area contributed by atoms with E-state index in [0.29, 0.717) is 30.5 Å². The molecular formula is C23H27BrN2O5. The summed E-state index contributed by atoms with van der Waals surface area (Å²) in [4.78, 5) is 25.3. The standard InChI is InChI=1S/C23H27BrN2O5/c1-14(2)22(26-21(27)13-31-16-7-5-4-6-8-16)23(28)25-15(3)17-11-19-20(12-18(17)24)30-10-9-29-19/h4-8,11-12,14-15,22H,9-10,13H2,1-3H3,(H,25,28)(H,26,27). The van der Waals surface area contributed by atoms with Crippen molar-refractivity contribution in [3.8, 4) is 17.2 Å². The second-order valence-electron chi connectivity index (χ2n) is 7.64. The van der Waals surface area contributed by atoms with Crippen molar-refractivity contribution in [1.29, 1.82) is 0 Å². The molecule has 0 spiro atoms. The molecule has 1 aliphatic heterocycles. The smallest absolute Gasteiger partial charge is 0.258 e. The van der Waals surface area contributed by atoms with Crippen LogP contribution in [0.15, 0.2) is 46.9 Å². The van der Waals surface area contributed by atoms with Crippen molar-refractivity contribution < 1.29 is 23.8 Å². The lowest BCUT2D eigenvalue weighted by molar-refractivity contribution is -0.131. The van der Waals surface area contributed by atoms with Gasteiger partial charge in [-0.25, -0.2) is 0 Å². The minimum atomic E-state index is -0.690. The Bertz CT molecular complexity index is 920. The van der Waals surface area contributed by atoms with Crippen LogP contribution < -0.4 is 24.8 Å². The highest BCUT2D eigenvalue weighted by Crippen LogP contribution is 2.37. The number of carbonyl (C=O) groups excluding carboxylic acids is 2. The summed E-state index contributed by atoms with van der Waals surface area (Å²) >= 11 is 3.54. The van der Waals surface area contributed by atoms with Crippen LogP contribution in [-0.2, 0) is 9.59 Å². The van der Waals surface area contributed by atoms with Crippen molar-refractivity contribution in [1.82, 2.24) is 10.6 Å². The average molecular weight is 491 g/mol. The molecule has 0 aliphatic carbocycles. The summed E-state index contributed by atoms with van der Waals surface area (Å²) in [5.74, 6) is 1.20. The molecule has 1 heterocycles. The van der Waals surface area contributed by atoms with Gasteiger partial charge in [0, 0.05) is 4.47 Å². The molecule has 1 aliphatic rings. The van der Waals surface area contributed by atoms with Crippen LogP contribution in [0.25, 0.3) is 0 Å². The maximum atomic E-state index is 12.9. The normalized spacial score (nSPS) is 14.5. The highest BCUT2D eigenvalue weighted by atomic mass is 79.9. The zero-order chi connectivity index (χ0) is 22.4. The molecule has 2 unspecified atom stereocenters. The van der Waals surface area contributed by atoms with E-state index in [1.54, 1.807) is 12.1 Å². The molecule has 0 radical (unpaired) electrons. The van der Waals surface area contributed by atoms with Gasteiger partial charge in [0.05, 0.1) is 6.04 Å². The Morgan fingerprint density at radius 1 is 1.03 bits per heavy atom. The van der Waals surface area contributed by atoms with Gasteiger partial charge in [0.25, 0.3) is 5.91 Å². The molecule has 31 heavy (non-hydrogen) atoms. The fourth-order valence-electron chi connectivity index (χ4n) is 3.21. The van der Waals surface area contributed by atoms with Crippen molar-refractivity contribution in [2.24, 2.45) is 5.92 Å². The van der Waals surface area contributed by atoms with E-state index in [0.717, 1.165) is 10.0 Å². The Labute approximate surface area is 190 Å². The van der Waals surface area contributed by atoms with Crippen LogP contribution in [0.1, 0.15) is 32.4 Å². The topological polar surface area (TPSA) is 85.9 Å². The summed E-state index contributed by atoms with van der Waals surface area (Å²) in [6.45, 7) is 6.48. The molecule has 2 aromatic rings.